The van der Waals surface area contributed by atoms with Crippen LogP contribution in [0.25, 0.3) is 0 Å². The van der Waals surface area contributed by atoms with Crippen molar-refractivity contribution in [1.82, 2.24) is 14.5 Å². The average Bonchev–Trinajstić information content (AvgIpc) is 2.94. The molecule has 124 valence electrons. The molecular formula is C13H16N4O4S2. The maximum absolute atomic E-state index is 12.1. The molecule has 1 amide bonds. The van der Waals surface area contributed by atoms with Crippen molar-refractivity contribution in [1.29, 1.82) is 0 Å². The van der Waals surface area contributed by atoms with Crippen molar-refractivity contribution in [3.63, 3.8) is 0 Å². The van der Waals surface area contributed by atoms with Crippen LogP contribution in [0.4, 0.5) is 6.01 Å². The van der Waals surface area contributed by atoms with E-state index in [1.54, 1.807) is 0 Å². The highest BCUT2D eigenvalue weighted by atomic mass is 32.2. The summed E-state index contributed by atoms with van der Waals surface area (Å²) in [6, 6.07) is 5.59. The molecule has 0 bridgehead atoms. The van der Waals surface area contributed by atoms with E-state index in [1.165, 1.54) is 50.1 Å². The Kier molecular flexibility index (Phi) is 5.39. The molecule has 1 aromatic carbocycles. The molecule has 1 N–H and O–H groups in total. The molecule has 0 atom stereocenters. The van der Waals surface area contributed by atoms with Gasteiger partial charge in [0.25, 0.3) is 5.91 Å². The number of nitrogens with one attached hydrogen (secondary N) is 1. The van der Waals surface area contributed by atoms with Crippen molar-refractivity contribution < 1.29 is 17.6 Å². The molecule has 23 heavy (non-hydrogen) atoms. The minimum Gasteiger partial charge on any atom is -0.407 e. The summed E-state index contributed by atoms with van der Waals surface area (Å²) in [5.74, 6) is 0.512. The molecular weight excluding hydrogens is 340 g/mol. The Labute approximate surface area is 138 Å². The normalized spacial score (nSPS) is 11.7. The van der Waals surface area contributed by atoms with E-state index in [2.05, 4.69) is 15.5 Å². The van der Waals surface area contributed by atoms with Crippen molar-refractivity contribution in [3.05, 3.63) is 35.7 Å². The van der Waals surface area contributed by atoms with Crippen LogP contribution in [0, 0.1) is 0 Å². The van der Waals surface area contributed by atoms with Gasteiger partial charge in [0, 0.05) is 19.7 Å². The lowest BCUT2D eigenvalue weighted by Gasteiger charge is -2.11. The maximum atomic E-state index is 12.1. The van der Waals surface area contributed by atoms with Gasteiger partial charge in [0.2, 0.25) is 15.9 Å². The summed E-state index contributed by atoms with van der Waals surface area (Å²) < 4.78 is 30.3. The third-order valence-electron chi connectivity index (χ3n) is 2.85. The van der Waals surface area contributed by atoms with E-state index in [9.17, 15) is 13.2 Å². The predicted molar refractivity (Wildman–Crippen MR) is 86.8 cm³/mol. The number of aromatic nitrogens is 2. The lowest BCUT2D eigenvalue weighted by Crippen LogP contribution is -2.22. The van der Waals surface area contributed by atoms with E-state index >= 15 is 0 Å². The molecule has 0 radical (unpaired) electrons. The second kappa shape index (κ2) is 7.11. The minimum atomic E-state index is -3.52. The van der Waals surface area contributed by atoms with Gasteiger partial charge in [-0.3, -0.25) is 10.1 Å². The Balaban J connectivity index is 2.11. The lowest BCUT2D eigenvalue weighted by atomic mass is 10.2. The summed E-state index contributed by atoms with van der Waals surface area (Å²) >= 11 is 1.52. The number of amides is 1. The highest BCUT2D eigenvalue weighted by molar-refractivity contribution is 7.97. The number of benzene rings is 1. The fourth-order valence-corrected chi connectivity index (χ4v) is 2.91. The lowest BCUT2D eigenvalue weighted by molar-refractivity contribution is 0.102. The number of carbonyl (C=O) groups is 1. The van der Waals surface area contributed by atoms with Gasteiger partial charge in [-0.05, 0) is 30.5 Å². The highest BCUT2D eigenvalue weighted by Gasteiger charge is 2.18. The maximum Gasteiger partial charge on any atom is 0.322 e. The fraction of sp³-hybridized carbons (Fsp3) is 0.308. The number of rotatable bonds is 6. The first-order valence-electron chi connectivity index (χ1n) is 6.50. The molecule has 0 spiro atoms. The first-order valence-corrected chi connectivity index (χ1v) is 9.33. The summed E-state index contributed by atoms with van der Waals surface area (Å²) in [4.78, 5) is 12.2. The Morgan fingerprint density at radius 3 is 2.48 bits per heavy atom. The molecule has 1 heterocycles. The van der Waals surface area contributed by atoms with Crippen molar-refractivity contribution in [3.8, 4) is 0 Å². The molecule has 0 aliphatic rings. The largest absolute Gasteiger partial charge is 0.407 e. The number of sulfonamides is 1. The second-order valence-corrected chi connectivity index (χ2v) is 7.72. The highest BCUT2D eigenvalue weighted by Crippen LogP contribution is 2.16. The fourth-order valence-electron chi connectivity index (χ4n) is 1.64. The first kappa shape index (κ1) is 17.4. The van der Waals surface area contributed by atoms with Crippen molar-refractivity contribution in [2.45, 2.75) is 10.6 Å². The molecule has 10 heteroatoms. The molecule has 2 aromatic rings. The first-order chi connectivity index (χ1) is 10.8. The Hall–Kier alpha value is -1.91. The van der Waals surface area contributed by atoms with Crippen LogP contribution in [0.5, 0.6) is 0 Å². The molecule has 0 saturated heterocycles. The molecule has 0 fully saturated rings. The quantitative estimate of drug-likeness (QED) is 0.834. The number of hydrogen-bond donors (Lipinski definition) is 1. The molecule has 0 aliphatic heterocycles. The molecule has 0 aliphatic carbocycles. The molecule has 2 rings (SSSR count). The summed E-state index contributed by atoms with van der Waals surface area (Å²) in [5, 5.41) is 9.97. The minimum absolute atomic E-state index is 0.00374. The van der Waals surface area contributed by atoms with Crippen LogP contribution >= 0.6 is 11.8 Å². The van der Waals surface area contributed by atoms with E-state index in [-0.39, 0.29) is 16.5 Å². The van der Waals surface area contributed by atoms with Crippen LogP contribution in [0.1, 0.15) is 16.2 Å². The topological polar surface area (TPSA) is 105 Å². The molecule has 1 aromatic heterocycles. The van der Waals surface area contributed by atoms with Gasteiger partial charge < -0.3 is 4.42 Å². The van der Waals surface area contributed by atoms with Crippen LogP contribution in [0.15, 0.2) is 33.6 Å². The van der Waals surface area contributed by atoms with Gasteiger partial charge in [0.05, 0.1) is 10.6 Å². The van der Waals surface area contributed by atoms with E-state index in [4.69, 9.17) is 4.42 Å². The van der Waals surface area contributed by atoms with E-state index < -0.39 is 15.9 Å². The van der Waals surface area contributed by atoms with Crippen molar-refractivity contribution >= 4 is 33.7 Å². The van der Waals surface area contributed by atoms with E-state index in [1.807, 2.05) is 6.26 Å². The number of nitrogens with zero attached hydrogens (tertiary/aromatic N) is 3. The van der Waals surface area contributed by atoms with Crippen LogP contribution in [-0.2, 0) is 15.8 Å². The summed E-state index contributed by atoms with van der Waals surface area (Å²) in [7, 11) is -0.638. The Morgan fingerprint density at radius 1 is 1.26 bits per heavy atom. The standard InChI is InChI=1S/C13H16N4O4S2/c1-17(2)23(19,20)10-6-4-9(5-7-10)12(18)14-13-16-15-11(21-13)8-22-3/h4-7H,8H2,1-3H3,(H,14,16,18). The third kappa shape index (κ3) is 4.09. The Morgan fingerprint density at radius 2 is 1.91 bits per heavy atom. The van der Waals surface area contributed by atoms with E-state index in [0.29, 0.717) is 11.6 Å². The monoisotopic (exact) mass is 356 g/mol. The van der Waals surface area contributed by atoms with Gasteiger partial charge in [-0.2, -0.15) is 11.8 Å². The average molecular weight is 356 g/mol. The van der Waals surface area contributed by atoms with Crippen LogP contribution in [-0.4, -0.2) is 49.2 Å². The van der Waals surface area contributed by atoms with Gasteiger partial charge >= 0.3 is 6.01 Å². The SMILES string of the molecule is CSCc1nnc(NC(=O)c2ccc(S(=O)(=O)N(C)C)cc2)o1. The molecule has 0 unspecified atom stereocenters. The zero-order valence-corrected chi connectivity index (χ0v) is 14.4. The van der Waals surface area contributed by atoms with Crippen LogP contribution in [0.2, 0.25) is 0 Å². The number of carbonyl (C=O) groups excluding carboxylic acids is 1. The summed E-state index contributed by atoms with van der Waals surface area (Å²) in [6.45, 7) is 0. The number of anilines is 1. The van der Waals surface area contributed by atoms with Crippen LogP contribution in [0.3, 0.4) is 0 Å². The van der Waals surface area contributed by atoms with Gasteiger partial charge in [-0.25, -0.2) is 12.7 Å². The smallest absolute Gasteiger partial charge is 0.322 e. The van der Waals surface area contributed by atoms with Gasteiger partial charge in [-0.15, -0.1) is 5.10 Å². The van der Waals surface area contributed by atoms with E-state index in [0.717, 1.165) is 4.31 Å². The second-order valence-electron chi connectivity index (χ2n) is 4.70. The zero-order chi connectivity index (χ0) is 17.0. The summed E-state index contributed by atoms with van der Waals surface area (Å²) in [6.07, 6.45) is 1.89. The summed E-state index contributed by atoms with van der Waals surface area (Å²) in [5.41, 5.74) is 0.285. The number of hydrogen-bond acceptors (Lipinski definition) is 7. The zero-order valence-electron chi connectivity index (χ0n) is 12.8. The van der Waals surface area contributed by atoms with Crippen molar-refractivity contribution in [2.24, 2.45) is 0 Å². The molecule has 0 saturated carbocycles. The molecule has 8 nitrogen and oxygen atoms in total. The number of thioether (sulfide) groups is 1. The third-order valence-corrected chi connectivity index (χ3v) is 5.22. The van der Waals surface area contributed by atoms with Crippen molar-refractivity contribution in [2.75, 3.05) is 25.7 Å². The van der Waals surface area contributed by atoms with Gasteiger partial charge in [0.15, 0.2) is 0 Å². The van der Waals surface area contributed by atoms with Gasteiger partial charge in [0.1, 0.15) is 0 Å². The predicted octanol–water partition coefficient (Wildman–Crippen LogP) is 1.44. The van der Waals surface area contributed by atoms with Gasteiger partial charge in [-0.1, -0.05) is 5.10 Å². The Bertz CT molecular complexity index is 785. The van der Waals surface area contributed by atoms with Crippen LogP contribution < -0.4 is 5.32 Å².